The summed E-state index contributed by atoms with van der Waals surface area (Å²) < 4.78 is 0. The van der Waals surface area contributed by atoms with Gasteiger partial charge in [-0.2, -0.15) is 0 Å². The first-order valence-corrected chi connectivity index (χ1v) is 9.96. The molecule has 7 nitrogen and oxygen atoms in total. The van der Waals surface area contributed by atoms with Gasteiger partial charge in [-0.15, -0.1) is 0 Å². The lowest BCUT2D eigenvalue weighted by atomic mass is 10.1. The standard InChI is InChI=1S/C21H21ClN6O/c22-16-4-1-3-15(11-16)6-7-21(29)28-10-2-5-18(28)17-12-24-14-20(26-17)27-19-13-23-8-9-25-19/h1,3-4,8-9,11-14,18H,2,5-7,10H2,(H,25,26,27). The molecule has 29 heavy (non-hydrogen) atoms. The Morgan fingerprint density at radius 3 is 2.90 bits per heavy atom. The van der Waals surface area contributed by atoms with Crippen molar-refractivity contribution in [2.75, 3.05) is 11.9 Å². The lowest BCUT2D eigenvalue weighted by Crippen LogP contribution is -2.31. The van der Waals surface area contributed by atoms with Gasteiger partial charge in [0.25, 0.3) is 0 Å². The van der Waals surface area contributed by atoms with Crippen LogP contribution in [-0.2, 0) is 11.2 Å². The molecule has 1 atom stereocenters. The summed E-state index contributed by atoms with van der Waals surface area (Å²) in [4.78, 5) is 32.0. The number of hydrogen-bond acceptors (Lipinski definition) is 6. The first-order chi connectivity index (χ1) is 14.2. The van der Waals surface area contributed by atoms with Gasteiger partial charge in [-0.05, 0) is 37.0 Å². The molecule has 0 spiro atoms. The number of amides is 1. The Bertz CT molecular complexity index is 984. The van der Waals surface area contributed by atoms with Gasteiger partial charge in [0.1, 0.15) is 11.6 Å². The van der Waals surface area contributed by atoms with Crippen molar-refractivity contribution in [1.82, 2.24) is 24.8 Å². The molecule has 0 bridgehead atoms. The molecule has 8 heteroatoms. The number of nitrogens with one attached hydrogen (secondary N) is 1. The van der Waals surface area contributed by atoms with E-state index in [1.165, 1.54) is 0 Å². The maximum Gasteiger partial charge on any atom is 0.223 e. The van der Waals surface area contributed by atoms with E-state index in [1.807, 2.05) is 29.2 Å². The molecular weight excluding hydrogens is 388 g/mol. The van der Waals surface area contributed by atoms with Gasteiger partial charge in [0.2, 0.25) is 5.91 Å². The minimum atomic E-state index is -0.0574. The molecule has 0 saturated carbocycles. The molecule has 1 saturated heterocycles. The summed E-state index contributed by atoms with van der Waals surface area (Å²) in [5, 5.41) is 3.79. The number of halogens is 1. The second-order valence-electron chi connectivity index (χ2n) is 6.92. The number of anilines is 2. The Morgan fingerprint density at radius 2 is 2.07 bits per heavy atom. The first-order valence-electron chi connectivity index (χ1n) is 9.58. The van der Waals surface area contributed by atoms with Crippen LogP contribution >= 0.6 is 11.6 Å². The van der Waals surface area contributed by atoms with Gasteiger partial charge < -0.3 is 10.2 Å². The number of carbonyl (C=O) groups is 1. The van der Waals surface area contributed by atoms with E-state index in [0.717, 1.165) is 30.6 Å². The van der Waals surface area contributed by atoms with Gasteiger partial charge in [-0.1, -0.05) is 23.7 Å². The maximum atomic E-state index is 12.9. The lowest BCUT2D eigenvalue weighted by molar-refractivity contribution is -0.132. The van der Waals surface area contributed by atoms with Gasteiger partial charge in [-0.3, -0.25) is 14.8 Å². The predicted molar refractivity (Wildman–Crippen MR) is 111 cm³/mol. The zero-order valence-corrected chi connectivity index (χ0v) is 16.6. The Morgan fingerprint density at radius 1 is 1.17 bits per heavy atom. The van der Waals surface area contributed by atoms with Crippen molar-refractivity contribution in [2.24, 2.45) is 0 Å². The average Bonchev–Trinajstić information content (AvgIpc) is 3.23. The summed E-state index contributed by atoms with van der Waals surface area (Å²) in [7, 11) is 0. The molecule has 1 N–H and O–H groups in total. The Kier molecular flexibility index (Phi) is 5.95. The number of benzene rings is 1. The highest BCUT2D eigenvalue weighted by atomic mass is 35.5. The highest BCUT2D eigenvalue weighted by Gasteiger charge is 2.31. The van der Waals surface area contributed by atoms with Crippen LogP contribution in [0, 0.1) is 0 Å². The Labute approximate surface area is 174 Å². The highest BCUT2D eigenvalue weighted by Crippen LogP contribution is 2.32. The van der Waals surface area contributed by atoms with Crippen LogP contribution in [0.2, 0.25) is 5.02 Å². The molecule has 1 amide bonds. The molecule has 1 aliphatic heterocycles. The van der Waals surface area contributed by atoms with Crippen molar-refractivity contribution in [3.05, 3.63) is 71.5 Å². The van der Waals surface area contributed by atoms with E-state index in [4.69, 9.17) is 11.6 Å². The molecule has 4 rings (SSSR count). The van der Waals surface area contributed by atoms with Crippen molar-refractivity contribution in [1.29, 1.82) is 0 Å². The largest absolute Gasteiger partial charge is 0.334 e. The third-order valence-corrected chi connectivity index (χ3v) is 5.14. The summed E-state index contributed by atoms with van der Waals surface area (Å²) in [6, 6.07) is 7.59. The first kappa shape index (κ1) is 19.3. The van der Waals surface area contributed by atoms with Gasteiger partial charge >= 0.3 is 0 Å². The lowest BCUT2D eigenvalue weighted by Gasteiger charge is -2.24. The van der Waals surface area contributed by atoms with Gasteiger partial charge in [0.05, 0.1) is 30.3 Å². The third-order valence-electron chi connectivity index (χ3n) is 4.90. The summed E-state index contributed by atoms with van der Waals surface area (Å²) in [6.45, 7) is 0.739. The number of nitrogens with zero attached hydrogens (tertiary/aromatic N) is 5. The van der Waals surface area contributed by atoms with Gasteiger partial charge in [-0.25, -0.2) is 9.97 Å². The molecular formula is C21H21ClN6O. The number of aryl methyl sites for hydroxylation is 1. The smallest absolute Gasteiger partial charge is 0.223 e. The molecule has 3 aromatic rings. The second kappa shape index (κ2) is 8.96. The molecule has 1 fully saturated rings. The quantitative estimate of drug-likeness (QED) is 0.664. The fourth-order valence-electron chi connectivity index (χ4n) is 3.56. The van der Waals surface area contributed by atoms with Crippen LogP contribution in [0.15, 0.2) is 55.2 Å². The Hall–Kier alpha value is -3.06. The van der Waals surface area contributed by atoms with E-state index in [9.17, 15) is 4.79 Å². The van der Waals surface area contributed by atoms with Crippen LogP contribution in [0.3, 0.4) is 0 Å². The summed E-state index contributed by atoms with van der Waals surface area (Å²) in [5.41, 5.74) is 1.85. The van der Waals surface area contributed by atoms with Crippen molar-refractivity contribution in [2.45, 2.75) is 31.7 Å². The zero-order chi connectivity index (χ0) is 20.1. The molecule has 3 heterocycles. The maximum absolute atomic E-state index is 12.9. The van der Waals surface area contributed by atoms with Crippen LogP contribution < -0.4 is 5.32 Å². The van der Waals surface area contributed by atoms with Crippen LogP contribution in [0.25, 0.3) is 0 Å². The zero-order valence-electron chi connectivity index (χ0n) is 15.8. The molecule has 1 aromatic carbocycles. The van der Waals surface area contributed by atoms with E-state index in [-0.39, 0.29) is 11.9 Å². The summed E-state index contributed by atoms with van der Waals surface area (Å²) >= 11 is 6.04. The van der Waals surface area contributed by atoms with E-state index in [1.54, 1.807) is 31.0 Å². The topological polar surface area (TPSA) is 83.9 Å². The molecule has 2 aromatic heterocycles. The van der Waals surface area contributed by atoms with Crippen molar-refractivity contribution in [3.63, 3.8) is 0 Å². The van der Waals surface area contributed by atoms with Crippen molar-refractivity contribution >= 4 is 29.1 Å². The molecule has 0 aliphatic carbocycles. The van der Waals surface area contributed by atoms with E-state index >= 15 is 0 Å². The molecule has 1 unspecified atom stereocenters. The van der Waals surface area contributed by atoms with E-state index in [0.29, 0.717) is 29.5 Å². The summed E-state index contributed by atoms with van der Waals surface area (Å²) in [5.74, 6) is 1.31. The number of likely N-dealkylation sites (tertiary alicyclic amines) is 1. The average molecular weight is 409 g/mol. The van der Waals surface area contributed by atoms with E-state index < -0.39 is 0 Å². The SMILES string of the molecule is O=C(CCc1cccc(Cl)c1)N1CCCC1c1cncc(Nc2cnccn2)n1. The fourth-order valence-corrected chi connectivity index (χ4v) is 3.77. The number of aromatic nitrogens is 4. The summed E-state index contributed by atoms with van der Waals surface area (Å²) in [6.07, 6.45) is 11.2. The molecule has 1 aliphatic rings. The third kappa shape index (κ3) is 4.86. The minimum absolute atomic E-state index is 0.0574. The van der Waals surface area contributed by atoms with Crippen LogP contribution in [0.1, 0.15) is 36.6 Å². The van der Waals surface area contributed by atoms with E-state index in [2.05, 4.69) is 25.3 Å². The fraction of sp³-hybridized carbons (Fsp3) is 0.286. The monoisotopic (exact) mass is 408 g/mol. The van der Waals surface area contributed by atoms with Crippen LogP contribution in [0.5, 0.6) is 0 Å². The number of rotatable bonds is 6. The van der Waals surface area contributed by atoms with Gasteiger partial charge in [0, 0.05) is 30.4 Å². The molecule has 148 valence electrons. The number of carbonyl (C=O) groups excluding carboxylic acids is 1. The minimum Gasteiger partial charge on any atom is -0.334 e. The van der Waals surface area contributed by atoms with Crippen molar-refractivity contribution in [3.8, 4) is 0 Å². The second-order valence-corrected chi connectivity index (χ2v) is 7.36. The van der Waals surface area contributed by atoms with Crippen molar-refractivity contribution < 1.29 is 4.79 Å². The van der Waals surface area contributed by atoms with Gasteiger partial charge in [0.15, 0.2) is 0 Å². The molecule has 0 radical (unpaired) electrons. The Balaban J connectivity index is 1.43. The predicted octanol–water partition coefficient (Wildman–Crippen LogP) is 3.96. The highest BCUT2D eigenvalue weighted by molar-refractivity contribution is 6.30. The van der Waals surface area contributed by atoms with Crippen LogP contribution in [-0.4, -0.2) is 37.3 Å². The van der Waals surface area contributed by atoms with Crippen LogP contribution in [0.4, 0.5) is 11.6 Å². The normalized spacial score (nSPS) is 16.0. The number of hydrogen-bond donors (Lipinski definition) is 1.